The molecule has 0 radical (unpaired) electrons. The van der Waals surface area contributed by atoms with Crippen molar-refractivity contribution in [3.8, 4) is 0 Å². The lowest BCUT2D eigenvalue weighted by Crippen LogP contribution is -2.00. The second-order valence-corrected chi connectivity index (χ2v) is 5.38. The van der Waals surface area contributed by atoms with E-state index in [2.05, 4.69) is 19.0 Å². The second kappa shape index (κ2) is 5.03. The zero-order chi connectivity index (χ0) is 9.68. The van der Waals surface area contributed by atoms with E-state index in [-0.39, 0.29) is 7.92 Å². The SMILES string of the molecule is CCP(CC)c1ccc(C=NO)o1. The molecule has 3 nitrogen and oxygen atoms in total. The fraction of sp³-hybridized carbons (Fsp3) is 0.444. The van der Waals surface area contributed by atoms with Crippen LogP contribution in [0.15, 0.2) is 21.7 Å². The molecule has 0 fully saturated rings. The van der Waals surface area contributed by atoms with Crippen LogP contribution in [-0.2, 0) is 0 Å². The van der Waals surface area contributed by atoms with Crippen molar-refractivity contribution in [1.82, 2.24) is 0 Å². The van der Waals surface area contributed by atoms with Crippen molar-refractivity contribution in [3.05, 3.63) is 17.9 Å². The van der Waals surface area contributed by atoms with E-state index in [4.69, 9.17) is 9.62 Å². The van der Waals surface area contributed by atoms with E-state index in [9.17, 15) is 0 Å². The highest BCUT2D eigenvalue weighted by Crippen LogP contribution is 2.33. The zero-order valence-electron chi connectivity index (χ0n) is 7.90. The maximum Gasteiger partial charge on any atom is 0.149 e. The first-order valence-corrected chi connectivity index (χ1v) is 6.05. The maximum absolute atomic E-state index is 8.30. The smallest absolute Gasteiger partial charge is 0.149 e. The van der Waals surface area contributed by atoms with Crippen molar-refractivity contribution < 1.29 is 9.62 Å². The van der Waals surface area contributed by atoms with Gasteiger partial charge in [-0.3, -0.25) is 0 Å². The van der Waals surface area contributed by atoms with Crippen LogP contribution in [0.2, 0.25) is 0 Å². The van der Waals surface area contributed by atoms with Crippen molar-refractivity contribution in [2.75, 3.05) is 12.3 Å². The molecule has 0 aliphatic carbocycles. The minimum absolute atomic E-state index is 0.151. The van der Waals surface area contributed by atoms with Crippen molar-refractivity contribution in [2.24, 2.45) is 5.16 Å². The van der Waals surface area contributed by atoms with Crippen LogP contribution in [0.3, 0.4) is 0 Å². The molecule has 4 heteroatoms. The predicted molar refractivity (Wildman–Crippen MR) is 55.7 cm³/mol. The van der Waals surface area contributed by atoms with Crippen LogP contribution in [-0.4, -0.2) is 23.7 Å². The number of furan rings is 1. The predicted octanol–water partition coefficient (Wildman–Crippen LogP) is 2.23. The summed E-state index contributed by atoms with van der Waals surface area (Å²) in [6.45, 7) is 4.33. The third kappa shape index (κ3) is 2.56. The summed E-state index contributed by atoms with van der Waals surface area (Å²) in [7, 11) is -0.151. The number of hydrogen-bond acceptors (Lipinski definition) is 3. The molecule has 0 aromatic carbocycles. The Kier molecular flexibility index (Phi) is 3.97. The number of rotatable bonds is 4. The standard InChI is InChI=1S/C9H14NO2P/c1-3-13(4-2)9-6-5-8(12-9)7-10-11/h5-7,11H,3-4H2,1-2H3. The molecule has 0 atom stereocenters. The Balaban J connectivity index is 2.77. The molecule has 0 aliphatic rings. The molecule has 0 unspecified atom stereocenters. The van der Waals surface area contributed by atoms with Crippen LogP contribution < -0.4 is 5.50 Å². The van der Waals surface area contributed by atoms with E-state index in [0.29, 0.717) is 5.76 Å². The molecule has 0 amide bonds. The van der Waals surface area contributed by atoms with Gasteiger partial charge in [-0.2, -0.15) is 0 Å². The summed E-state index contributed by atoms with van der Waals surface area (Å²) in [4.78, 5) is 0. The molecule has 0 aliphatic heterocycles. The van der Waals surface area contributed by atoms with Gasteiger partial charge < -0.3 is 9.62 Å². The third-order valence-corrected chi connectivity index (χ3v) is 4.26. The molecule has 0 spiro atoms. The highest BCUT2D eigenvalue weighted by Gasteiger charge is 2.09. The molecule has 0 saturated carbocycles. The van der Waals surface area contributed by atoms with Crippen molar-refractivity contribution in [3.63, 3.8) is 0 Å². The van der Waals surface area contributed by atoms with E-state index in [1.54, 1.807) is 0 Å². The summed E-state index contributed by atoms with van der Waals surface area (Å²) >= 11 is 0. The third-order valence-electron chi connectivity index (χ3n) is 1.87. The monoisotopic (exact) mass is 199 g/mol. The average Bonchev–Trinajstić information content (AvgIpc) is 2.56. The molecule has 1 rings (SSSR count). The van der Waals surface area contributed by atoms with Crippen LogP contribution in [0.25, 0.3) is 0 Å². The average molecular weight is 199 g/mol. The van der Waals surface area contributed by atoms with Crippen LogP contribution in [0.4, 0.5) is 0 Å². The van der Waals surface area contributed by atoms with Crippen molar-refractivity contribution >= 4 is 19.6 Å². The molecule has 72 valence electrons. The van der Waals surface area contributed by atoms with Gasteiger partial charge in [0, 0.05) is 0 Å². The lowest BCUT2D eigenvalue weighted by atomic mass is 10.5. The van der Waals surface area contributed by atoms with Gasteiger partial charge >= 0.3 is 0 Å². The molecule has 1 heterocycles. The first kappa shape index (κ1) is 10.3. The number of nitrogens with zero attached hydrogens (tertiary/aromatic N) is 1. The maximum atomic E-state index is 8.30. The van der Waals surface area contributed by atoms with Crippen LogP contribution in [0.1, 0.15) is 19.6 Å². The van der Waals surface area contributed by atoms with E-state index in [1.807, 2.05) is 12.1 Å². The minimum atomic E-state index is -0.151. The van der Waals surface area contributed by atoms with E-state index in [1.165, 1.54) is 6.21 Å². The fourth-order valence-electron chi connectivity index (χ4n) is 1.17. The van der Waals surface area contributed by atoms with Gasteiger partial charge in [-0.25, -0.2) is 0 Å². The van der Waals surface area contributed by atoms with Crippen molar-refractivity contribution in [2.45, 2.75) is 13.8 Å². The Labute approximate surface area is 79.2 Å². The largest absolute Gasteiger partial charge is 0.455 e. The van der Waals surface area contributed by atoms with Gasteiger partial charge in [0.25, 0.3) is 0 Å². The first-order valence-electron chi connectivity index (χ1n) is 4.34. The zero-order valence-corrected chi connectivity index (χ0v) is 8.79. The molecule has 1 aromatic heterocycles. The molecule has 1 N–H and O–H groups in total. The molecule has 0 saturated heterocycles. The molecule has 0 bridgehead atoms. The minimum Gasteiger partial charge on any atom is -0.455 e. The van der Waals surface area contributed by atoms with Crippen LogP contribution >= 0.6 is 7.92 Å². The van der Waals surface area contributed by atoms with Gasteiger partial charge in [-0.15, -0.1) is 0 Å². The van der Waals surface area contributed by atoms with Gasteiger partial charge in [0.05, 0.1) is 0 Å². The molecular formula is C9H14NO2P. The van der Waals surface area contributed by atoms with Gasteiger partial charge in [-0.1, -0.05) is 19.0 Å². The topological polar surface area (TPSA) is 45.7 Å². The van der Waals surface area contributed by atoms with E-state index >= 15 is 0 Å². The summed E-state index contributed by atoms with van der Waals surface area (Å²) in [6, 6.07) is 3.80. The molecule has 1 aromatic rings. The Bertz CT molecular complexity index is 279. The highest BCUT2D eigenvalue weighted by atomic mass is 31.1. The quantitative estimate of drug-likeness (QED) is 0.350. The Morgan fingerprint density at radius 1 is 1.46 bits per heavy atom. The number of hydrogen-bond donors (Lipinski definition) is 1. The number of oxime groups is 1. The summed E-state index contributed by atoms with van der Waals surface area (Å²) in [5, 5.41) is 11.2. The Morgan fingerprint density at radius 2 is 2.15 bits per heavy atom. The van der Waals surface area contributed by atoms with Gasteiger partial charge in [0.15, 0.2) is 0 Å². The van der Waals surface area contributed by atoms with Gasteiger partial charge in [0.2, 0.25) is 0 Å². The lowest BCUT2D eigenvalue weighted by molar-refractivity contribution is 0.321. The van der Waals surface area contributed by atoms with Crippen molar-refractivity contribution in [1.29, 1.82) is 0 Å². The summed E-state index contributed by atoms with van der Waals surface area (Å²) in [6.07, 6.45) is 3.58. The van der Waals surface area contributed by atoms with Crippen LogP contribution in [0, 0.1) is 0 Å². The van der Waals surface area contributed by atoms with Crippen LogP contribution in [0.5, 0.6) is 0 Å². The van der Waals surface area contributed by atoms with Gasteiger partial charge in [0.1, 0.15) is 17.5 Å². The fourth-order valence-corrected chi connectivity index (χ4v) is 2.76. The summed E-state index contributed by atoms with van der Waals surface area (Å²) in [5.41, 5.74) is 1.04. The first-order chi connectivity index (χ1) is 6.31. The Hall–Kier alpha value is -0.820. The Morgan fingerprint density at radius 3 is 2.69 bits per heavy atom. The normalized spacial score (nSPS) is 11.6. The highest BCUT2D eigenvalue weighted by molar-refractivity contribution is 7.65. The molecular weight excluding hydrogens is 185 g/mol. The molecule has 13 heavy (non-hydrogen) atoms. The second-order valence-electron chi connectivity index (χ2n) is 2.59. The lowest BCUT2D eigenvalue weighted by Gasteiger charge is -2.08. The van der Waals surface area contributed by atoms with E-state index < -0.39 is 0 Å². The summed E-state index contributed by atoms with van der Waals surface area (Å²) in [5.74, 6) is 0.618. The van der Waals surface area contributed by atoms with E-state index in [0.717, 1.165) is 17.8 Å². The summed E-state index contributed by atoms with van der Waals surface area (Å²) < 4.78 is 5.49. The van der Waals surface area contributed by atoms with Gasteiger partial charge in [-0.05, 0) is 32.4 Å².